The molecule has 2 rings (SSSR count). The molecule has 2 aromatic rings. The molecule has 0 aliphatic carbocycles. The first-order chi connectivity index (χ1) is 10.4. The number of carbonyl (C=O) groups is 1. The molecule has 7 heteroatoms. The van der Waals surface area contributed by atoms with Gasteiger partial charge in [0.25, 0.3) is 10.0 Å². The highest BCUT2D eigenvalue weighted by molar-refractivity contribution is 7.92. The van der Waals surface area contributed by atoms with Crippen molar-refractivity contribution in [1.29, 1.82) is 0 Å². The molecule has 22 heavy (non-hydrogen) atoms. The van der Waals surface area contributed by atoms with Crippen LogP contribution in [-0.2, 0) is 14.8 Å². The van der Waals surface area contributed by atoms with E-state index in [-0.39, 0.29) is 16.1 Å². The number of carboxylic acids is 1. The number of hydrogen-bond acceptors (Lipinski definition) is 3. The van der Waals surface area contributed by atoms with Crippen molar-refractivity contribution in [2.45, 2.75) is 4.90 Å². The van der Waals surface area contributed by atoms with E-state index in [0.717, 1.165) is 24.3 Å². The molecule has 0 atom stereocenters. The second kappa shape index (κ2) is 6.40. The topological polar surface area (TPSA) is 83.5 Å². The predicted molar refractivity (Wildman–Crippen MR) is 80.3 cm³/mol. The molecule has 0 unspecified atom stereocenters. The number of aliphatic carboxylic acids is 1. The first kappa shape index (κ1) is 15.7. The molecule has 0 aromatic heterocycles. The third kappa shape index (κ3) is 3.92. The molecular formula is C15H12FNO4S. The lowest BCUT2D eigenvalue weighted by atomic mass is 10.1. The maximum Gasteiger partial charge on any atom is 0.328 e. The third-order valence-corrected chi connectivity index (χ3v) is 4.10. The zero-order valence-corrected chi connectivity index (χ0v) is 12.0. The van der Waals surface area contributed by atoms with Crippen molar-refractivity contribution in [3.05, 3.63) is 66.0 Å². The highest BCUT2D eigenvalue weighted by Crippen LogP contribution is 2.22. The van der Waals surface area contributed by atoms with E-state index in [1.165, 1.54) is 18.2 Å². The summed E-state index contributed by atoms with van der Waals surface area (Å²) in [6.45, 7) is 0. The van der Waals surface area contributed by atoms with Crippen molar-refractivity contribution in [2.75, 3.05) is 4.72 Å². The van der Waals surface area contributed by atoms with Crippen LogP contribution in [0.25, 0.3) is 6.08 Å². The summed E-state index contributed by atoms with van der Waals surface area (Å²) in [5.74, 6) is -1.83. The fourth-order valence-electron chi connectivity index (χ4n) is 1.73. The quantitative estimate of drug-likeness (QED) is 0.829. The average Bonchev–Trinajstić information content (AvgIpc) is 2.48. The van der Waals surface area contributed by atoms with Crippen LogP contribution in [0.2, 0.25) is 0 Å². The summed E-state index contributed by atoms with van der Waals surface area (Å²) in [6, 6.07) is 11.0. The Kier molecular flexibility index (Phi) is 4.57. The number of hydrogen-bond donors (Lipinski definition) is 2. The summed E-state index contributed by atoms with van der Waals surface area (Å²) in [6.07, 6.45) is 1.92. The largest absolute Gasteiger partial charge is 0.478 e. The van der Waals surface area contributed by atoms with Gasteiger partial charge in [-0.15, -0.1) is 0 Å². The fourth-order valence-corrected chi connectivity index (χ4v) is 2.84. The van der Waals surface area contributed by atoms with E-state index in [0.29, 0.717) is 0 Å². The normalized spacial score (nSPS) is 11.5. The second-order valence-corrected chi connectivity index (χ2v) is 6.00. The highest BCUT2D eigenvalue weighted by Gasteiger charge is 2.15. The molecule has 5 nitrogen and oxygen atoms in total. The van der Waals surface area contributed by atoms with Gasteiger partial charge in [-0.25, -0.2) is 17.6 Å². The van der Waals surface area contributed by atoms with E-state index in [9.17, 15) is 17.6 Å². The molecular weight excluding hydrogens is 309 g/mol. The van der Waals surface area contributed by atoms with Gasteiger partial charge >= 0.3 is 5.97 Å². The van der Waals surface area contributed by atoms with Gasteiger partial charge < -0.3 is 5.11 Å². The maximum absolute atomic E-state index is 13.3. The van der Waals surface area contributed by atoms with Crippen LogP contribution in [0.3, 0.4) is 0 Å². The van der Waals surface area contributed by atoms with E-state index in [4.69, 9.17) is 5.11 Å². The molecule has 0 radical (unpaired) electrons. The number of nitrogens with one attached hydrogen (secondary N) is 1. The van der Waals surface area contributed by atoms with Crippen LogP contribution in [0.1, 0.15) is 5.56 Å². The Labute approximate surface area is 126 Å². The van der Waals surface area contributed by atoms with E-state index >= 15 is 0 Å². The Balaban J connectivity index is 2.39. The van der Waals surface area contributed by atoms with Crippen molar-refractivity contribution < 1.29 is 22.7 Å². The first-order valence-corrected chi connectivity index (χ1v) is 7.65. The zero-order valence-electron chi connectivity index (χ0n) is 11.2. The Morgan fingerprint density at radius 2 is 1.82 bits per heavy atom. The van der Waals surface area contributed by atoms with E-state index in [1.54, 1.807) is 18.2 Å². The standard InChI is InChI=1S/C15H12FNO4S/c16-12-7-8-14(11(10-12)6-9-15(18)19)17-22(20,21)13-4-2-1-3-5-13/h1-10,17H,(H,18,19)/b9-6+. The smallest absolute Gasteiger partial charge is 0.328 e. The van der Waals surface area contributed by atoms with Crippen molar-refractivity contribution in [3.8, 4) is 0 Å². The third-order valence-electron chi connectivity index (χ3n) is 2.72. The summed E-state index contributed by atoms with van der Waals surface area (Å²) in [7, 11) is -3.84. The maximum atomic E-state index is 13.3. The van der Waals surface area contributed by atoms with Gasteiger partial charge in [-0.3, -0.25) is 4.72 Å². The Morgan fingerprint density at radius 3 is 2.45 bits per heavy atom. The molecule has 114 valence electrons. The number of carboxylic acid groups (broad SMARTS) is 1. The number of benzene rings is 2. The van der Waals surface area contributed by atoms with Crippen molar-refractivity contribution >= 4 is 27.8 Å². The van der Waals surface area contributed by atoms with Gasteiger partial charge in [-0.1, -0.05) is 18.2 Å². The average molecular weight is 321 g/mol. The molecule has 0 aliphatic rings. The van der Waals surface area contributed by atoms with Gasteiger partial charge in [0.15, 0.2) is 0 Å². The molecule has 0 spiro atoms. The van der Waals surface area contributed by atoms with E-state index < -0.39 is 21.8 Å². The minimum absolute atomic E-state index is 0.0486. The van der Waals surface area contributed by atoms with Crippen LogP contribution >= 0.6 is 0 Å². The van der Waals surface area contributed by atoms with Gasteiger partial charge in [-0.05, 0) is 36.4 Å². The summed E-state index contributed by atoms with van der Waals surface area (Å²) >= 11 is 0. The van der Waals surface area contributed by atoms with E-state index in [1.807, 2.05) is 0 Å². The van der Waals surface area contributed by atoms with Gasteiger partial charge in [0.05, 0.1) is 10.6 Å². The van der Waals surface area contributed by atoms with Crippen LogP contribution in [0.5, 0.6) is 0 Å². The molecule has 0 bridgehead atoms. The van der Waals surface area contributed by atoms with Crippen LogP contribution < -0.4 is 4.72 Å². The van der Waals surface area contributed by atoms with Gasteiger partial charge in [-0.2, -0.15) is 0 Å². The molecule has 2 N–H and O–H groups in total. The molecule has 0 fully saturated rings. The summed E-state index contributed by atoms with van der Waals surface area (Å²) in [5, 5.41) is 8.63. The minimum atomic E-state index is -3.84. The molecule has 0 heterocycles. The summed E-state index contributed by atoms with van der Waals surface area (Å²) in [5.41, 5.74) is 0.199. The Hall–Kier alpha value is -2.67. The van der Waals surface area contributed by atoms with Crippen LogP contribution in [-0.4, -0.2) is 19.5 Å². The number of halogens is 1. The van der Waals surface area contributed by atoms with Gasteiger partial charge in [0, 0.05) is 11.6 Å². The van der Waals surface area contributed by atoms with Gasteiger partial charge in [0.1, 0.15) is 5.82 Å². The monoisotopic (exact) mass is 321 g/mol. The molecule has 0 saturated carbocycles. The lowest BCUT2D eigenvalue weighted by molar-refractivity contribution is -0.131. The molecule has 0 saturated heterocycles. The second-order valence-electron chi connectivity index (χ2n) is 4.32. The van der Waals surface area contributed by atoms with Crippen molar-refractivity contribution in [2.24, 2.45) is 0 Å². The minimum Gasteiger partial charge on any atom is -0.478 e. The number of rotatable bonds is 5. The Bertz CT molecular complexity index is 817. The first-order valence-electron chi connectivity index (χ1n) is 6.17. The lowest BCUT2D eigenvalue weighted by Crippen LogP contribution is -2.13. The predicted octanol–water partition coefficient (Wildman–Crippen LogP) is 2.72. The van der Waals surface area contributed by atoms with Gasteiger partial charge in [0.2, 0.25) is 0 Å². The number of sulfonamides is 1. The van der Waals surface area contributed by atoms with Crippen molar-refractivity contribution in [3.63, 3.8) is 0 Å². The summed E-state index contributed by atoms with van der Waals surface area (Å²) < 4.78 is 40.0. The lowest BCUT2D eigenvalue weighted by Gasteiger charge is -2.10. The zero-order chi connectivity index (χ0) is 16.2. The van der Waals surface area contributed by atoms with Crippen LogP contribution in [0.4, 0.5) is 10.1 Å². The van der Waals surface area contributed by atoms with E-state index in [2.05, 4.69) is 4.72 Å². The molecule has 0 amide bonds. The van der Waals surface area contributed by atoms with Crippen LogP contribution in [0, 0.1) is 5.82 Å². The fraction of sp³-hybridized carbons (Fsp3) is 0. The summed E-state index contributed by atoms with van der Waals surface area (Å²) in [4.78, 5) is 10.6. The number of anilines is 1. The molecule has 0 aliphatic heterocycles. The highest BCUT2D eigenvalue weighted by atomic mass is 32.2. The molecule has 2 aromatic carbocycles. The van der Waals surface area contributed by atoms with Crippen LogP contribution in [0.15, 0.2) is 59.5 Å². The van der Waals surface area contributed by atoms with Crippen molar-refractivity contribution in [1.82, 2.24) is 0 Å². The Morgan fingerprint density at radius 1 is 1.14 bits per heavy atom. The SMILES string of the molecule is O=C(O)/C=C/c1cc(F)ccc1NS(=O)(=O)c1ccccc1.